The fraction of sp³-hybridized carbons (Fsp3) is 0.0909. The Morgan fingerprint density at radius 1 is 1.21 bits per heavy atom. The van der Waals surface area contributed by atoms with Crippen LogP contribution in [0.15, 0.2) is 18.2 Å². The molecule has 1 heterocycles. The molecule has 2 aromatic rings. The van der Waals surface area contributed by atoms with Crippen LogP contribution in [0.25, 0.3) is 5.69 Å². The molecule has 0 spiro atoms. The van der Waals surface area contributed by atoms with Crippen LogP contribution < -0.4 is 0 Å². The molecule has 0 fully saturated rings. The van der Waals surface area contributed by atoms with E-state index in [4.69, 9.17) is 40.1 Å². The summed E-state index contributed by atoms with van der Waals surface area (Å²) < 4.78 is 26.5. The number of hydrogen-bond acceptors (Lipinski definition) is 2. The van der Waals surface area contributed by atoms with E-state index in [2.05, 4.69) is 5.10 Å². The van der Waals surface area contributed by atoms with E-state index in [1.54, 1.807) is 6.07 Å². The third-order valence-electron chi connectivity index (χ3n) is 2.32. The maximum Gasteiger partial charge on any atom is 0.283 e. The number of nitriles is 1. The number of rotatable bonds is 2. The summed E-state index contributed by atoms with van der Waals surface area (Å²) in [5.41, 5.74) is -0.691. The summed E-state index contributed by atoms with van der Waals surface area (Å²) in [4.78, 5) is 0. The first-order valence-electron chi connectivity index (χ1n) is 4.87. The highest BCUT2D eigenvalue weighted by Gasteiger charge is 2.24. The van der Waals surface area contributed by atoms with Gasteiger partial charge in [0, 0.05) is 0 Å². The van der Waals surface area contributed by atoms with Crippen molar-refractivity contribution in [2.75, 3.05) is 0 Å². The third kappa shape index (κ3) is 2.52. The first kappa shape index (κ1) is 14.1. The van der Waals surface area contributed by atoms with Crippen molar-refractivity contribution >= 4 is 34.8 Å². The molecule has 8 heteroatoms. The fourth-order valence-electron chi connectivity index (χ4n) is 1.46. The average molecular weight is 323 g/mol. The highest BCUT2D eigenvalue weighted by Crippen LogP contribution is 2.31. The quantitative estimate of drug-likeness (QED) is 0.808. The van der Waals surface area contributed by atoms with Crippen molar-refractivity contribution in [3.63, 3.8) is 0 Å². The van der Waals surface area contributed by atoms with Crippen molar-refractivity contribution in [3.05, 3.63) is 44.7 Å². The van der Waals surface area contributed by atoms with Crippen molar-refractivity contribution in [2.45, 2.75) is 6.43 Å². The molecule has 2 rings (SSSR count). The second-order valence-corrected chi connectivity index (χ2v) is 4.65. The summed E-state index contributed by atoms with van der Waals surface area (Å²) >= 11 is 17.5. The van der Waals surface area contributed by atoms with Crippen LogP contribution in [0.3, 0.4) is 0 Å². The van der Waals surface area contributed by atoms with Gasteiger partial charge in [0.15, 0.2) is 5.15 Å². The van der Waals surface area contributed by atoms with E-state index >= 15 is 0 Å². The zero-order valence-corrected chi connectivity index (χ0v) is 11.3. The molecule has 0 amide bonds. The van der Waals surface area contributed by atoms with Crippen molar-refractivity contribution < 1.29 is 8.78 Å². The predicted octanol–water partition coefficient (Wildman–Crippen LogP) is 4.64. The van der Waals surface area contributed by atoms with Gasteiger partial charge in [-0.3, -0.25) is 0 Å². The van der Waals surface area contributed by atoms with Crippen LogP contribution in [-0.2, 0) is 0 Å². The molecule has 0 saturated heterocycles. The highest BCUT2D eigenvalue weighted by molar-refractivity contribution is 6.42. The van der Waals surface area contributed by atoms with Gasteiger partial charge in [0.2, 0.25) is 0 Å². The maximum atomic E-state index is 12.7. The van der Waals surface area contributed by atoms with E-state index in [0.717, 1.165) is 4.68 Å². The molecule has 98 valence electrons. The van der Waals surface area contributed by atoms with Crippen LogP contribution in [0.1, 0.15) is 17.7 Å². The zero-order chi connectivity index (χ0) is 14.2. The summed E-state index contributed by atoms with van der Waals surface area (Å²) in [6, 6.07) is 6.00. The van der Waals surface area contributed by atoms with E-state index in [-0.39, 0.29) is 15.7 Å². The number of aromatic nitrogens is 2. The van der Waals surface area contributed by atoms with Gasteiger partial charge in [-0.05, 0) is 18.2 Å². The lowest BCUT2D eigenvalue weighted by Crippen LogP contribution is -1.97. The number of halogens is 5. The van der Waals surface area contributed by atoms with Gasteiger partial charge in [0.1, 0.15) is 17.3 Å². The van der Waals surface area contributed by atoms with Crippen molar-refractivity contribution in [1.29, 1.82) is 5.26 Å². The fourth-order valence-corrected chi connectivity index (χ4v) is 2.02. The Bertz CT molecular complexity index is 677. The van der Waals surface area contributed by atoms with Crippen LogP contribution >= 0.6 is 34.8 Å². The zero-order valence-electron chi connectivity index (χ0n) is 9.04. The molecule has 0 aliphatic rings. The number of hydrogen-bond donors (Lipinski definition) is 0. The smallest absolute Gasteiger partial charge is 0.220 e. The van der Waals surface area contributed by atoms with E-state index < -0.39 is 12.1 Å². The molecular formula is C11H4Cl3F2N3. The lowest BCUT2D eigenvalue weighted by molar-refractivity contribution is 0.145. The molecule has 0 atom stereocenters. The van der Waals surface area contributed by atoms with E-state index in [9.17, 15) is 8.78 Å². The molecule has 1 aromatic carbocycles. The second kappa shape index (κ2) is 5.33. The van der Waals surface area contributed by atoms with E-state index in [0.29, 0.717) is 10.7 Å². The van der Waals surface area contributed by atoms with Gasteiger partial charge in [0.25, 0.3) is 6.43 Å². The van der Waals surface area contributed by atoms with Gasteiger partial charge < -0.3 is 0 Å². The standard InChI is InChI=1S/C11H4Cl3F2N3/c12-7-2-1-5(3-8(7)13)19-10(14)6(4-17)9(18-19)11(15)16/h1-3,11H. The Hall–Kier alpha value is -1.35. The van der Waals surface area contributed by atoms with Gasteiger partial charge in [-0.2, -0.15) is 10.4 Å². The summed E-state index contributed by atoms with van der Waals surface area (Å²) in [7, 11) is 0. The molecule has 0 saturated carbocycles. The minimum Gasteiger partial charge on any atom is -0.220 e. The minimum atomic E-state index is -2.89. The Kier molecular flexibility index (Phi) is 3.95. The monoisotopic (exact) mass is 321 g/mol. The van der Waals surface area contributed by atoms with Crippen LogP contribution in [0, 0.1) is 11.3 Å². The number of alkyl halides is 2. The van der Waals surface area contributed by atoms with Gasteiger partial charge >= 0.3 is 0 Å². The Labute approximate surface area is 121 Å². The van der Waals surface area contributed by atoms with E-state index in [1.807, 2.05) is 0 Å². The summed E-state index contributed by atoms with van der Waals surface area (Å²) in [5, 5.41) is 12.8. The first-order chi connectivity index (χ1) is 8.95. The summed E-state index contributed by atoms with van der Waals surface area (Å²) in [5.74, 6) is 0. The lowest BCUT2D eigenvalue weighted by atomic mass is 10.3. The summed E-state index contributed by atoms with van der Waals surface area (Å²) in [6.45, 7) is 0. The normalized spacial score (nSPS) is 10.8. The maximum absolute atomic E-state index is 12.7. The lowest BCUT2D eigenvalue weighted by Gasteiger charge is -2.04. The Balaban J connectivity index is 2.63. The van der Waals surface area contributed by atoms with Crippen molar-refractivity contribution in [1.82, 2.24) is 9.78 Å². The van der Waals surface area contributed by atoms with E-state index in [1.165, 1.54) is 18.2 Å². The Morgan fingerprint density at radius 2 is 1.89 bits per heavy atom. The predicted molar refractivity (Wildman–Crippen MR) is 68.3 cm³/mol. The first-order valence-corrected chi connectivity index (χ1v) is 6.01. The molecule has 0 unspecified atom stereocenters. The molecule has 0 radical (unpaired) electrons. The minimum absolute atomic E-state index is 0.198. The van der Waals surface area contributed by atoms with Crippen LogP contribution in [0.4, 0.5) is 8.78 Å². The van der Waals surface area contributed by atoms with Crippen LogP contribution in [0.5, 0.6) is 0 Å². The molecule has 0 aliphatic heterocycles. The van der Waals surface area contributed by atoms with Crippen LogP contribution in [-0.4, -0.2) is 9.78 Å². The molecular weight excluding hydrogens is 318 g/mol. The average Bonchev–Trinajstić information content (AvgIpc) is 2.70. The Morgan fingerprint density at radius 3 is 2.37 bits per heavy atom. The summed E-state index contributed by atoms with van der Waals surface area (Å²) in [6.07, 6.45) is -2.89. The van der Waals surface area contributed by atoms with Gasteiger partial charge in [0.05, 0.1) is 15.7 Å². The second-order valence-electron chi connectivity index (χ2n) is 3.47. The number of nitrogens with zero attached hydrogens (tertiary/aromatic N) is 3. The topological polar surface area (TPSA) is 41.6 Å². The third-order valence-corrected chi connectivity index (χ3v) is 3.41. The SMILES string of the molecule is N#Cc1c(C(F)F)nn(-c2ccc(Cl)c(Cl)c2)c1Cl. The molecule has 1 aromatic heterocycles. The molecule has 19 heavy (non-hydrogen) atoms. The van der Waals surface area contributed by atoms with Crippen molar-refractivity contribution in [2.24, 2.45) is 0 Å². The number of benzene rings is 1. The van der Waals surface area contributed by atoms with Crippen LogP contribution in [0.2, 0.25) is 15.2 Å². The largest absolute Gasteiger partial charge is 0.283 e. The highest BCUT2D eigenvalue weighted by atomic mass is 35.5. The van der Waals surface area contributed by atoms with Gasteiger partial charge in [-0.25, -0.2) is 13.5 Å². The molecule has 0 bridgehead atoms. The van der Waals surface area contributed by atoms with Gasteiger partial charge in [-0.1, -0.05) is 34.8 Å². The molecule has 0 aliphatic carbocycles. The molecule has 3 nitrogen and oxygen atoms in total. The van der Waals surface area contributed by atoms with Gasteiger partial charge in [-0.15, -0.1) is 0 Å². The molecule has 0 N–H and O–H groups in total. The van der Waals surface area contributed by atoms with Crippen molar-refractivity contribution in [3.8, 4) is 11.8 Å².